The molecule has 0 aliphatic rings. The lowest BCUT2D eigenvalue weighted by molar-refractivity contribution is -0.167. The molecule has 0 unspecified atom stereocenters. The first kappa shape index (κ1) is 13.7. The minimum absolute atomic E-state index is 0.878. The Morgan fingerprint density at radius 3 is 2.07 bits per heavy atom. The highest BCUT2D eigenvalue weighted by atomic mass is 79.9. The standard InChI is InChI=1S/C7H11BrO6/c1-3(10)7(14,6(8)13)5(12)4(11)2-9/h4-5,9,11-12,14H,2H2,1H3/t4-,5-,7+/m1/s1. The van der Waals surface area contributed by atoms with Crippen molar-refractivity contribution in [3.05, 3.63) is 0 Å². The lowest BCUT2D eigenvalue weighted by Crippen LogP contribution is -2.58. The van der Waals surface area contributed by atoms with Crippen LogP contribution in [0.2, 0.25) is 0 Å². The van der Waals surface area contributed by atoms with E-state index in [2.05, 4.69) is 15.9 Å². The van der Waals surface area contributed by atoms with Gasteiger partial charge in [0.1, 0.15) is 12.2 Å². The van der Waals surface area contributed by atoms with Gasteiger partial charge in [-0.2, -0.15) is 0 Å². The predicted octanol–water partition coefficient (Wildman–Crippen LogP) is -2.06. The summed E-state index contributed by atoms with van der Waals surface area (Å²) in [5, 5.41) is 36.2. The van der Waals surface area contributed by atoms with Crippen LogP contribution in [-0.2, 0) is 9.59 Å². The van der Waals surface area contributed by atoms with Crippen LogP contribution in [0.15, 0.2) is 0 Å². The maximum atomic E-state index is 10.9. The molecule has 0 aliphatic heterocycles. The van der Waals surface area contributed by atoms with Gasteiger partial charge in [-0.05, 0) is 22.9 Å². The summed E-state index contributed by atoms with van der Waals surface area (Å²) in [5.41, 5.74) is -2.73. The van der Waals surface area contributed by atoms with Gasteiger partial charge in [0.05, 0.1) is 6.61 Å². The SMILES string of the molecule is CC(=O)[C@@](O)(C(=O)Br)[C@H](O)[C@H](O)CO. The second-order valence-electron chi connectivity index (χ2n) is 2.79. The number of aliphatic hydroxyl groups excluding tert-OH is 3. The molecule has 0 aromatic rings. The molecular weight excluding hydrogens is 260 g/mol. The summed E-state index contributed by atoms with van der Waals surface area (Å²) in [5.74, 6) is -1.03. The molecule has 0 rings (SSSR count). The number of carbonyl (C=O) groups is 2. The van der Waals surface area contributed by atoms with Gasteiger partial charge in [-0.3, -0.25) is 9.59 Å². The highest BCUT2D eigenvalue weighted by Crippen LogP contribution is 2.20. The molecule has 0 fully saturated rings. The minimum atomic E-state index is -2.73. The Morgan fingerprint density at radius 2 is 1.86 bits per heavy atom. The van der Waals surface area contributed by atoms with Crippen LogP contribution in [0, 0.1) is 0 Å². The first-order chi connectivity index (χ1) is 6.28. The Bertz CT molecular complexity index is 226. The fraction of sp³-hybridized carbons (Fsp3) is 0.714. The zero-order valence-electron chi connectivity index (χ0n) is 7.35. The number of halogens is 1. The maximum absolute atomic E-state index is 10.9. The highest BCUT2D eigenvalue weighted by Gasteiger charge is 2.49. The monoisotopic (exact) mass is 270 g/mol. The Labute approximate surface area is 88.3 Å². The highest BCUT2D eigenvalue weighted by molar-refractivity contribution is 9.18. The lowest BCUT2D eigenvalue weighted by Gasteiger charge is -2.29. The molecule has 6 nitrogen and oxygen atoms in total. The molecule has 0 saturated carbocycles. The third kappa shape index (κ3) is 2.37. The Morgan fingerprint density at radius 1 is 1.43 bits per heavy atom. The van der Waals surface area contributed by atoms with Gasteiger partial charge in [-0.1, -0.05) is 0 Å². The Kier molecular flexibility index (Phi) is 4.82. The maximum Gasteiger partial charge on any atom is 0.239 e. The molecule has 0 bridgehead atoms. The zero-order valence-corrected chi connectivity index (χ0v) is 8.93. The molecule has 7 heteroatoms. The summed E-state index contributed by atoms with van der Waals surface area (Å²) in [6, 6.07) is 0. The third-order valence-electron chi connectivity index (χ3n) is 1.82. The molecule has 0 aromatic heterocycles. The second kappa shape index (κ2) is 4.94. The molecule has 0 saturated heterocycles. The molecule has 4 N–H and O–H groups in total. The van der Waals surface area contributed by atoms with E-state index in [4.69, 9.17) is 10.2 Å². The van der Waals surface area contributed by atoms with Crippen molar-refractivity contribution in [1.82, 2.24) is 0 Å². The van der Waals surface area contributed by atoms with Gasteiger partial charge in [0.25, 0.3) is 0 Å². The third-order valence-corrected chi connectivity index (χ3v) is 2.42. The van der Waals surface area contributed by atoms with Crippen LogP contribution >= 0.6 is 15.9 Å². The Balaban J connectivity index is 5.02. The molecule has 0 radical (unpaired) electrons. The van der Waals surface area contributed by atoms with Crippen LogP contribution in [0.3, 0.4) is 0 Å². The first-order valence-corrected chi connectivity index (χ1v) is 4.48. The van der Waals surface area contributed by atoms with Crippen LogP contribution in [0.4, 0.5) is 0 Å². The number of aliphatic hydroxyl groups is 4. The van der Waals surface area contributed by atoms with Gasteiger partial charge in [0.15, 0.2) is 5.78 Å². The van der Waals surface area contributed by atoms with Crippen LogP contribution < -0.4 is 0 Å². The van der Waals surface area contributed by atoms with E-state index >= 15 is 0 Å². The number of carbonyl (C=O) groups excluding carboxylic acids is 2. The van der Waals surface area contributed by atoms with Crippen molar-refractivity contribution in [2.45, 2.75) is 24.7 Å². The van der Waals surface area contributed by atoms with Crippen molar-refractivity contribution >= 4 is 26.4 Å². The van der Waals surface area contributed by atoms with Crippen LogP contribution in [0.25, 0.3) is 0 Å². The number of rotatable bonds is 5. The van der Waals surface area contributed by atoms with Crippen molar-refractivity contribution < 1.29 is 30.0 Å². The smallest absolute Gasteiger partial charge is 0.239 e. The summed E-state index contributed by atoms with van der Waals surface area (Å²) < 4.78 is -1.17. The van der Waals surface area contributed by atoms with E-state index in [9.17, 15) is 19.8 Å². The molecule has 0 aromatic carbocycles. The molecule has 0 amide bonds. The van der Waals surface area contributed by atoms with E-state index in [1.165, 1.54) is 0 Å². The molecular formula is C7H11BrO6. The van der Waals surface area contributed by atoms with Gasteiger partial charge in [-0.25, -0.2) is 0 Å². The van der Waals surface area contributed by atoms with Gasteiger partial charge < -0.3 is 20.4 Å². The average Bonchev–Trinajstić information content (AvgIpc) is 2.13. The van der Waals surface area contributed by atoms with Crippen molar-refractivity contribution in [1.29, 1.82) is 0 Å². The summed E-state index contributed by atoms with van der Waals surface area (Å²) in [4.78, 5) is 21.8. The van der Waals surface area contributed by atoms with E-state index < -0.39 is 34.9 Å². The largest absolute Gasteiger partial charge is 0.394 e. The van der Waals surface area contributed by atoms with Crippen LogP contribution in [-0.4, -0.2) is 55.3 Å². The van der Waals surface area contributed by atoms with Gasteiger partial charge in [0.2, 0.25) is 10.3 Å². The normalized spacial score (nSPS) is 19.6. The van der Waals surface area contributed by atoms with E-state index in [1.807, 2.05) is 0 Å². The quantitative estimate of drug-likeness (QED) is 0.338. The van der Waals surface area contributed by atoms with E-state index in [0.717, 1.165) is 6.92 Å². The van der Waals surface area contributed by atoms with Gasteiger partial charge in [0, 0.05) is 0 Å². The number of hydrogen-bond acceptors (Lipinski definition) is 6. The van der Waals surface area contributed by atoms with Crippen molar-refractivity contribution in [3.63, 3.8) is 0 Å². The van der Waals surface area contributed by atoms with E-state index in [1.54, 1.807) is 0 Å². The van der Waals surface area contributed by atoms with Crippen molar-refractivity contribution in [2.75, 3.05) is 6.61 Å². The average molecular weight is 271 g/mol. The summed E-state index contributed by atoms with van der Waals surface area (Å²) >= 11 is 2.33. The van der Waals surface area contributed by atoms with Crippen LogP contribution in [0.1, 0.15) is 6.92 Å². The molecule has 0 spiro atoms. The summed E-state index contributed by atoms with van der Waals surface area (Å²) in [6.45, 7) is 0.00348. The molecule has 0 aliphatic carbocycles. The van der Waals surface area contributed by atoms with Crippen molar-refractivity contribution in [2.24, 2.45) is 0 Å². The Hall–Kier alpha value is -0.340. The minimum Gasteiger partial charge on any atom is -0.394 e. The zero-order chi connectivity index (χ0) is 11.5. The fourth-order valence-electron chi connectivity index (χ4n) is 0.841. The molecule has 3 atom stereocenters. The van der Waals surface area contributed by atoms with Gasteiger partial charge >= 0.3 is 0 Å². The molecule has 0 heterocycles. The topological polar surface area (TPSA) is 115 Å². The predicted molar refractivity (Wildman–Crippen MR) is 48.7 cm³/mol. The lowest BCUT2D eigenvalue weighted by atomic mass is 9.90. The summed E-state index contributed by atoms with van der Waals surface area (Å²) in [7, 11) is 0. The molecule has 82 valence electrons. The van der Waals surface area contributed by atoms with Crippen LogP contribution in [0.5, 0.6) is 0 Å². The van der Waals surface area contributed by atoms with Gasteiger partial charge in [-0.15, -0.1) is 0 Å². The number of ketones is 1. The second-order valence-corrected chi connectivity index (χ2v) is 3.51. The number of Topliss-reactive ketones (excluding diaryl/α,β-unsaturated/α-hetero) is 1. The summed E-state index contributed by atoms with van der Waals surface area (Å²) in [6.07, 6.45) is -3.85. The molecule has 14 heavy (non-hydrogen) atoms. The first-order valence-electron chi connectivity index (χ1n) is 3.68. The van der Waals surface area contributed by atoms with E-state index in [-0.39, 0.29) is 0 Å². The van der Waals surface area contributed by atoms with E-state index in [0.29, 0.717) is 0 Å². The van der Waals surface area contributed by atoms with Crippen molar-refractivity contribution in [3.8, 4) is 0 Å². The fourth-order valence-corrected chi connectivity index (χ4v) is 1.35. The number of hydrogen-bond donors (Lipinski definition) is 4.